The third-order valence-corrected chi connectivity index (χ3v) is 5.49. The largest absolute Gasteiger partial charge is 0.350 e. The highest BCUT2D eigenvalue weighted by molar-refractivity contribution is 6.08. The van der Waals surface area contributed by atoms with Crippen molar-refractivity contribution >= 4 is 16.8 Å². The van der Waals surface area contributed by atoms with Crippen LogP contribution in [0.3, 0.4) is 0 Å². The molecule has 30 heavy (non-hydrogen) atoms. The fraction of sp³-hybridized carbons (Fsp3) is 0.458. The van der Waals surface area contributed by atoms with Crippen LogP contribution < -0.4 is 5.32 Å². The van der Waals surface area contributed by atoms with E-state index in [1.807, 2.05) is 35.9 Å². The highest BCUT2D eigenvalue weighted by Gasteiger charge is 2.21. The summed E-state index contributed by atoms with van der Waals surface area (Å²) < 4.78 is 1.89. The van der Waals surface area contributed by atoms with E-state index in [2.05, 4.69) is 48.0 Å². The van der Waals surface area contributed by atoms with Gasteiger partial charge in [0.25, 0.3) is 5.91 Å². The maximum atomic E-state index is 13.2. The minimum Gasteiger partial charge on any atom is -0.350 e. The second kappa shape index (κ2) is 9.85. The highest BCUT2D eigenvalue weighted by atomic mass is 16.1. The number of fused-ring (bicyclic) bond motifs is 1. The number of aryl methyl sites for hydroxylation is 1. The molecule has 1 amide bonds. The Bertz CT molecular complexity index is 980. The van der Waals surface area contributed by atoms with Gasteiger partial charge in [0, 0.05) is 36.6 Å². The Morgan fingerprint density at radius 2 is 1.93 bits per heavy atom. The van der Waals surface area contributed by atoms with Gasteiger partial charge in [-0.15, -0.1) is 0 Å². The molecule has 0 saturated heterocycles. The predicted molar refractivity (Wildman–Crippen MR) is 122 cm³/mol. The first-order valence-corrected chi connectivity index (χ1v) is 10.8. The van der Waals surface area contributed by atoms with Gasteiger partial charge >= 0.3 is 0 Å². The van der Waals surface area contributed by atoms with Gasteiger partial charge in [0.15, 0.2) is 0 Å². The van der Waals surface area contributed by atoms with Crippen LogP contribution in [0.15, 0.2) is 42.9 Å². The maximum absolute atomic E-state index is 13.2. The average molecular weight is 408 g/mol. The number of hydrogen-bond acceptors (Lipinski definition) is 4. The van der Waals surface area contributed by atoms with E-state index < -0.39 is 0 Å². The summed E-state index contributed by atoms with van der Waals surface area (Å²) in [4.78, 5) is 24.3. The second-order valence-electron chi connectivity index (χ2n) is 8.40. The smallest absolute Gasteiger partial charge is 0.253 e. The molecule has 0 aliphatic heterocycles. The third-order valence-electron chi connectivity index (χ3n) is 5.49. The van der Waals surface area contributed by atoms with Gasteiger partial charge in [-0.1, -0.05) is 32.9 Å². The lowest BCUT2D eigenvalue weighted by Gasteiger charge is -2.29. The Morgan fingerprint density at radius 1 is 1.20 bits per heavy atom. The number of carbonyl (C=O) groups is 1. The molecule has 0 bridgehead atoms. The molecule has 1 N–H and O–H groups in total. The summed E-state index contributed by atoms with van der Waals surface area (Å²) >= 11 is 0. The summed E-state index contributed by atoms with van der Waals surface area (Å²) in [6.07, 6.45) is 7.43. The van der Waals surface area contributed by atoms with Gasteiger partial charge in [-0.25, -0.2) is 9.97 Å². The predicted octanol–water partition coefficient (Wildman–Crippen LogP) is 4.22. The first-order valence-electron chi connectivity index (χ1n) is 10.8. The number of amides is 1. The van der Waals surface area contributed by atoms with Crippen LogP contribution >= 0.6 is 0 Å². The van der Waals surface area contributed by atoms with Crippen molar-refractivity contribution in [3.8, 4) is 5.95 Å². The first kappa shape index (κ1) is 22.0. The van der Waals surface area contributed by atoms with E-state index in [0.29, 0.717) is 30.0 Å². The van der Waals surface area contributed by atoms with Gasteiger partial charge in [-0.3, -0.25) is 9.36 Å². The molecule has 6 heteroatoms. The van der Waals surface area contributed by atoms with Gasteiger partial charge in [-0.2, -0.15) is 0 Å². The third kappa shape index (κ3) is 4.87. The molecule has 0 spiro atoms. The zero-order valence-electron chi connectivity index (χ0n) is 18.7. The number of rotatable bonds is 9. The van der Waals surface area contributed by atoms with Crippen molar-refractivity contribution in [3.63, 3.8) is 0 Å². The number of benzene rings is 1. The van der Waals surface area contributed by atoms with Crippen molar-refractivity contribution in [1.82, 2.24) is 24.8 Å². The lowest BCUT2D eigenvalue weighted by molar-refractivity contribution is 0.0935. The molecule has 2 heterocycles. The minimum atomic E-state index is -0.0531. The van der Waals surface area contributed by atoms with E-state index in [1.54, 1.807) is 18.5 Å². The van der Waals surface area contributed by atoms with Crippen molar-refractivity contribution in [2.24, 2.45) is 5.92 Å². The van der Waals surface area contributed by atoms with E-state index in [9.17, 15) is 4.79 Å². The van der Waals surface area contributed by atoms with Gasteiger partial charge in [0.05, 0.1) is 11.1 Å². The maximum Gasteiger partial charge on any atom is 0.253 e. The van der Waals surface area contributed by atoms with Crippen molar-refractivity contribution in [2.45, 2.75) is 46.6 Å². The zero-order chi connectivity index (χ0) is 21.7. The van der Waals surface area contributed by atoms with Crippen molar-refractivity contribution in [3.05, 3.63) is 54.0 Å². The SMILES string of the molecule is CCCN(C)C(CNC(=O)c1cn(-c2ncccn2)c2cccc(C)c12)CC(C)C. The number of carbonyl (C=O) groups excluding carboxylic acids is 1. The minimum absolute atomic E-state index is 0.0531. The van der Waals surface area contributed by atoms with Crippen molar-refractivity contribution in [1.29, 1.82) is 0 Å². The fourth-order valence-corrected chi connectivity index (χ4v) is 4.02. The van der Waals surface area contributed by atoms with Crippen LogP contribution in [0, 0.1) is 12.8 Å². The Hall–Kier alpha value is -2.73. The number of aromatic nitrogens is 3. The number of likely N-dealkylation sites (N-methyl/N-ethyl adjacent to an activating group) is 1. The molecule has 160 valence electrons. The molecule has 0 radical (unpaired) electrons. The van der Waals surface area contributed by atoms with Gasteiger partial charge in [-0.05, 0) is 57.0 Å². The molecule has 1 aromatic carbocycles. The molecule has 1 atom stereocenters. The number of nitrogens with zero attached hydrogens (tertiary/aromatic N) is 4. The zero-order valence-corrected chi connectivity index (χ0v) is 18.7. The van der Waals surface area contributed by atoms with E-state index in [4.69, 9.17) is 0 Å². The summed E-state index contributed by atoms with van der Waals surface area (Å²) in [6.45, 7) is 10.3. The number of hydrogen-bond donors (Lipinski definition) is 1. The summed E-state index contributed by atoms with van der Waals surface area (Å²) in [5, 5.41) is 4.14. The van der Waals surface area contributed by atoms with Crippen molar-refractivity contribution in [2.75, 3.05) is 20.1 Å². The molecule has 0 fully saturated rings. The molecular weight excluding hydrogens is 374 g/mol. The van der Waals surface area contributed by atoms with E-state index >= 15 is 0 Å². The molecule has 0 aliphatic carbocycles. The highest BCUT2D eigenvalue weighted by Crippen LogP contribution is 2.26. The first-order chi connectivity index (χ1) is 14.4. The molecule has 0 aliphatic rings. The van der Waals surface area contributed by atoms with Crippen LogP contribution in [0.5, 0.6) is 0 Å². The fourth-order valence-electron chi connectivity index (χ4n) is 4.02. The molecule has 3 aromatic rings. The van der Waals surface area contributed by atoms with Crippen LogP contribution in [-0.2, 0) is 0 Å². The molecule has 6 nitrogen and oxygen atoms in total. The second-order valence-corrected chi connectivity index (χ2v) is 8.40. The Balaban J connectivity index is 1.89. The van der Waals surface area contributed by atoms with Crippen molar-refractivity contribution < 1.29 is 4.79 Å². The molecule has 2 aromatic heterocycles. The Kier molecular flexibility index (Phi) is 7.21. The monoisotopic (exact) mass is 407 g/mol. The summed E-state index contributed by atoms with van der Waals surface area (Å²) in [7, 11) is 2.14. The molecule has 3 rings (SSSR count). The lowest BCUT2D eigenvalue weighted by Crippen LogP contribution is -2.43. The van der Waals surface area contributed by atoms with Crippen LogP contribution in [0.1, 0.15) is 49.5 Å². The molecule has 0 saturated carbocycles. The Morgan fingerprint density at radius 3 is 2.60 bits per heavy atom. The van der Waals surface area contributed by atoms with E-state index in [-0.39, 0.29) is 5.91 Å². The van der Waals surface area contributed by atoms with Gasteiger partial charge < -0.3 is 10.2 Å². The number of nitrogens with one attached hydrogen (secondary N) is 1. The standard InChI is InChI=1S/C24H33N5O/c1-6-13-28(5)19(14-17(2)3)15-27-23(30)20-16-29(24-25-11-8-12-26-24)21-10-7-9-18(4)22(20)21/h7-12,16-17,19H,6,13-15H2,1-5H3,(H,27,30). The topological polar surface area (TPSA) is 63.1 Å². The van der Waals surface area contributed by atoms with Crippen LogP contribution in [-0.4, -0.2) is 51.5 Å². The normalized spacial score (nSPS) is 12.6. The quantitative estimate of drug-likeness (QED) is 0.577. The lowest BCUT2D eigenvalue weighted by atomic mass is 10.0. The van der Waals surface area contributed by atoms with Crippen LogP contribution in [0.2, 0.25) is 0 Å². The van der Waals surface area contributed by atoms with Gasteiger partial charge in [0.1, 0.15) is 0 Å². The summed E-state index contributed by atoms with van der Waals surface area (Å²) in [5.74, 6) is 1.08. The average Bonchev–Trinajstić information content (AvgIpc) is 3.12. The van der Waals surface area contributed by atoms with E-state index in [1.165, 1.54) is 0 Å². The summed E-state index contributed by atoms with van der Waals surface area (Å²) in [5.41, 5.74) is 2.67. The Labute approximate surface area is 179 Å². The molecule has 1 unspecified atom stereocenters. The van der Waals surface area contributed by atoms with E-state index in [0.717, 1.165) is 35.9 Å². The van der Waals surface area contributed by atoms with Crippen LogP contribution in [0.25, 0.3) is 16.9 Å². The van der Waals surface area contributed by atoms with Crippen LogP contribution in [0.4, 0.5) is 0 Å². The summed E-state index contributed by atoms with van der Waals surface area (Å²) in [6, 6.07) is 8.14. The molecular formula is C24H33N5O. The van der Waals surface area contributed by atoms with Gasteiger partial charge in [0.2, 0.25) is 5.95 Å².